The average Bonchev–Trinajstić information content (AvgIpc) is 2.52. The van der Waals surface area contributed by atoms with E-state index in [9.17, 15) is 18.3 Å². The van der Waals surface area contributed by atoms with Gasteiger partial charge in [0.25, 0.3) is 0 Å². The topological polar surface area (TPSA) is 74.7 Å². The van der Waals surface area contributed by atoms with Crippen LogP contribution in [0.3, 0.4) is 0 Å². The summed E-state index contributed by atoms with van der Waals surface area (Å²) in [6.45, 7) is 0. The Morgan fingerprint density at radius 1 is 1.21 bits per heavy atom. The molecule has 0 heterocycles. The molecular weight excluding hydrogens is 414 g/mol. The molecule has 0 aliphatic rings. The molecular formula is C16H16BrNO4S2. The zero-order valence-corrected chi connectivity index (χ0v) is 16.3. The number of hydrogen-bond donors (Lipinski definition) is 1. The number of hydrogen-bond acceptors (Lipinski definition) is 4. The fourth-order valence-corrected chi connectivity index (χ4v) is 4.30. The van der Waals surface area contributed by atoms with Crippen LogP contribution in [0.2, 0.25) is 0 Å². The van der Waals surface area contributed by atoms with E-state index in [1.807, 2.05) is 24.3 Å². The first-order valence-electron chi connectivity index (χ1n) is 6.89. The minimum Gasteiger partial charge on any atom is -0.478 e. The van der Waals surface area contributed by atoms with Crippen molar-refractivity contribution >= 4 is 43.7 Å². The summed E-state index contributed by atoms with van der Waals surface area (Å²) in [6.07, 6.45) is 0. The van der Waals surface area contributed by atoms with Crippen LogP contribution in [0.25, 0.3) is 0 Å². The van der Waals surface area contributed by atoms with E-state index in [4.69, 9.17) is 0 Å². The lowest BCUT2D eigenvalue weighted by Gasteiger charge is -2.13. The third-order valence-electron chi connectivity index (χ3n) is 3.24. The van der Waals surface area contributed by atoms with Gasteiger partial charge >= 0.3 is 5.97 Å². The molecule has 0 atom stereocenters. The van der Waals surface area contributed by atoms with E-state index >= 15 is 0 Å². The molecule has 0 unspecified atom stereocenters. The lowest BCUT2D eigenvalue weighted by Crippen LogP contribution is -2.22. The van der Waals surface area contributed by atoms with Crippen molar-refractivity contribution in [3.8, 4) is 0 Å². The van der Waals surface area contributed by atoms with E-state index < -0.39 is 16.0 Å². The summed E-state index contributed by atoms with van der Waals surface area (Å²) in [5, 5.41) is 9.41. The second-order valence-corrected chi connectivity index (χ2v) is 9.25. The summed E-state index contributed by atoms with van der Waals surface area (Å²) in [5.41, 5.74) is 1.02. The number of thioether (sulfide) groups is 1. The molecule has 0 spiro atoms. The van der Waals surface area contributed by atoms with E-state index in [1.54, 1.807) is 6.07 Å². The van der Waals surface area contributed by atoms with E-state index in [0.717, 1.165) is 14.3 Å². The highest BCUT2D eigenvalue weighted by molar-refractivity contribution is 9.10. The number of carbonyl (C=O) groups is 1. The molecule has 8 heteroatoms. The van der Waals surface area contributed by atoms with Crippen LogP contribution in [-0.4, -0.2) is 37.9 Å². The van der Waals surface area contributed by atoms with Crippen molar-refractivity contribution in [1.82, 2.24) is 4.31 Å². The first-order valence-corrected chi connectivity index (χ1v) is 10.1. The van der Waals surface area contributed by atoms with Gasteiger partial charge < -0.3 is 5.11 Å². The normalized spacial score (nSPS) is 11.7. The Bertz CT molecular complexity index is 866. The van der Waals surface area contributed by atoms with Crippen LogP contribution in [0.1, 0.15) is 15.9 Å². The number of benzene rings is 2. The summed E-state index contributed by atoms with van der Waals surface area (Å²) < 4.78 is 26.3. The van der Waals surface area contributed by atoms with Gasteiger partial charge in [0.1, 0.15) is 0 Å². The highest BCUT2D eigenvalue weighted by Crippen LogP contribution is 2.29. The van der Waals surface area contributed by atoms with Crippen molar-refractivity contribution < 1.29 is 18.3 Å². The third-order valence-corrected chi connectivity index (χ3v) is 6.69. The third kappa shape index (κ3) is 4.38. The molecule has 2 aromatic rings. The maximum absolute atomic E-state index is 12.2. The SMILES string of the molecule is CN(C)S(=O)(=O)c1ccc(SCc2cccc(Br)c2)c(C(=O)O)c1. The van der Waals surface area contributed by atoms with Gasteiger partial charge in [-0.1, -0.05) is 28.1 Å². The van der Waals surface area contributed by atoms with Gasteiger partial charge in [-0.2, -0.15) is 0 Å². The van der Waals surface area contributed by atoms with Crippen molar-refractivity contribution in [2.24, 2.45) is 0 Å². The highest BCUT2D eigenvalue weighted by Gasteiger charge is 2.21. The number of halogens is 1. The fourth-order valence-electron chi connectivity index (χ4n) is 1.96. The predicted molar refractivity (Wildman–Crippen MR) is 98.0 cm³/mol. The van der Waals surface area contributed by atoms with Gasteiger partial charge in [0.15, 0.2) is 0 Å². The first-order chi connectivity index (χ1) is 11.2. The lowest BCUT2D eigenvalue weighted by atomic mass is 10.2. The van der Waals surface area contributed by atoms with Crippen molar-refractivity contribution in [3.05, 3.63) is 58.1 Å². The molecule has 24 heavy (non-hydrogen) atoms. The molecule has 1 N–H and O–H groups in total. The monoisotopic (exact) mass is 429 g/mol. The van der Waals surface area contributed by atoms with E-state index in [0.29, 0.717) is 10.6 Å². The smallest absolute Gasteiger partial charge is 0.336 e. The Labute approximate surface area is 153 Å². The Morgan fingerprint density at radius 2 is 1.92 bits per heavy atom. The van der Waals surface area contributed by atoms with Crippen molar-refractivity contribution in [1.29, 1.82) is 0 Å². The molecule has 0 amide bonds. The molecule has 0 saturated carbocycles. The Balaban J connectivity index is 2.32. The van der Waals surface area contributed by atoms with Crippen LogP contribution >= 0.6 is 27.7 Å². The van der Waals surface area contributed by atoms with Crippen LogP contribution in [0.5, 0.6) is 0 Å². The van der Waals surface area contributed by atoms with Gasteiger partial charge in [-0.3, -0.25) is 0 Å². The number of carboxylic acid groups (broad SMARTS) is 1. The van der Waals surface area contributed by atoms with Crippen LogP contribution < -0.4 is 0 Å². The first kappa shape index (κ1) is 19.0. The second-order valence-electron chi connectivity index (χ2n) is 5.17. The minimum atomic E-state index is -3.67. The Kier molecular flexibility index (Phi) is 6.08. The van der Waals surface area contributed by atoms with E-state index in [1.165, 1.54) is 38.0 Å². The number of sulfonamides is 1. The Morgan fingerprint density at radius 3 is 2.50 bits per heavy atom. The van der Waals surface area contributed by atoms with Crippen LogP contribution in [0, 0.1) is 0 Å². The van der Waals surface area contributed by atoms with E-state index in [2.05, 4.69) is 15.9 Å². The predicted octanol–water partition coefficient (Wildman–Crippen LogP) is 3.69. The van der Waals surface area contributed by atoms with Gasteiger partial charge in [0, 0.05) is 29.2 Å². The quantitative estimate of drug-likeness (QED) is 0.708. The van der Waals surface area contributed by atoms with Crippen molar-refractivity contribution in [2.45, 2.75) is 15.5 Å². The van der Waals surface area contributed by atoms with Crippen LogP contribution in [-0.2, 0) is 15.8 Å². The number of aromatic carboxylic acids is 1. The molecule has 0 bridgehead atoms. The molecule has 2 rings (SSSR count). The van der Waals surface area contributed by atoms with E-state index in [-0.39, 0.29) is 10.5 Å². The zero-order chi connectivity index (χ0) is 17.9. The molecule has 0 saturated heterocycles. The van der Waals surface area contributed by atoms with Gasteiger partial charge in [-0.05, 0) is 35.9 Å². The molecule has 0 aromatic heterocycles. The van der Waals surface area contributed by atoms with Crippen molar-refractivity contribution in [3.63, 3.8) is 0 Å². The maximum Gasteiger partial charge on any atom is 0.336 e. The summed E-state index contributed by atoms with van der Waals surface area (Å²) in [4.78, 5) is 12.0. The zero-order valence-electron chi connectivity index (χ0n) is 13.1. The molecule has 2 aromatic carbocycles. The highest BCUT2D eigenvalue weighted by atomic mass is 79.9. The molecule has 0 aliphatic carbocycles. The van der Waals surface area contributed by atoms with Gasteiger partial charge in [-0.25, -0.2) is 17.5 Å². The average molecular weight is 430 g/mol. The second kappa shape index (κ2) is 7.69. The van der Waals surface area contributed by atoms with Gasteiger partial charge in [0.2, 0.25) is 10.0 Å². The minimum absolute atomic E-state index is 0.0158. The summed E-state index contributed by atoms with van der Waals surface area (Å²) in [7, 11) is -0.851. The van der Waals surface area contributed by atoms with Gasteiger partial charge in [-0.15, -0.1) is 11.8 Å². The molecule has 128 valence electrons. The van der Waals surface area contributed by atoms with Gasteiger partial charge in [0.05, 0.1) is 10.5 Å². The summed E-state index contributed by atoms with van der Waals surface area (Å²) >= 11 is 4.75. The fraction of sp³-hybridized carbons (Fsp3) is 0.188. The van der Waals surface area contributed by atoms with Crippen LogP contribution in [0.15, 0.2) is 56.7 Å². The number of carboxylic acids is 1. The van der Waals surface area contributed by atoms with Crippen molar-refractivity contribution in [2.75, 3.05) is 14.1 Å². The summed E-state index contributed by atoms with van der Waals surface area (Å²) in [6, 6.07) is 11.9. The van der Waals surface area contributed by atoms with Crippen LogP contribution in [0.4, 0.5) is 0 Å². The standard InChI is InChI=1S/C16H16BrNO4S2/c1-18(2)24(21,22)13-6-7-15(14(9-13)16(19)20)23-10-11-4-3-5-12(17)8-11/h3-9H,10H2,1-2H3,(H,19,20). The summed E-state index contributed by atoms with van der Waals surface area (Å²) in [5.74, 6) is -0.568. The Hall–Kier alpha value is -1.35. The molecule has 0 radical (unpaired) electrons. The largest absolute Gasteiger partial charge is 0.478 e. The number of nitrogens with zero attached hydrogens (tertiary/aromatic N) is 1. The molecule has 0 aliphatic heterocycles. The lowest BCUT2D eigenvalue weighted by molar-refractivity contribution is 0.0693. The maximum atomic E-state index is 12.2. The molecule has 0 fully saturated rings. The number of rotatable bonds is 6. The molecule has 5 nitrogen and oxygen atoms in total.